The highest BCUT2D eigenvalue weighted by Gasteiger charge is 2.18. The lowest BCUT2D eigenvalue weighted by Crippen LogP contribution is -2.24. The molecule has 1 atom stereocenters. The van der Waals surface area contributed by atoms with Gasteiger partial charge in [0.1, 0.15) is 5.75 Å². The van der Waals surface area contributed by atoms with Crippen LogP contribution in [0, 0.1) is 0 Å². The molecule has 1 fully saturated rings. The van der Waals surface area contributed by atoms with Crippen LogP contribution in [-0.2, 0) is 6.42 Å². The fraction of sp³-hybridized carbons (Fsp3) is 0.647. The van der Waals surface area contributed by atoms with Crippen molar-refractivity contribution in [1.29, 1.82) is 0 Å². The summed E-state index contributed by atoms with van der Waals surface area (Å²) in [5, 5.41) is 3.58. The SMILES string of the molecule is CCC(CC)c1ccc(OC)c(CC2CCCN2)c1. The van der Waals surface area contributed by atoms with E-state index in [1.54, 1.807) is 7.11 Å². The summed E-state index contributed by atoms with van der Waals surface area (Å²) >= 11 is 0. The molecule has 0 aliphatic carbocycles. The molecule has 1 aromatic rings. The molecule has 1 heterocycles. The van der Waals surface area contributed by atoms with Crippen LogP contribution in [0.25, 0.3) is 0 Å². The standard InChI is InChI=1S/C17H27NO/c1-4-13(5-2)14-8-9-17(19-3)15(11-14)12-16-7-6-10-18-16/h8-9,11,13,16,18H,4-7,10,12H2,1-3H3. The zero-order valence-corrected chi connectivity index (χ0v) is 12.5. The second kappa shape index (κ2) is 6.95. The summed E-state index contributed by atoms with van der Waals surface area (Å²) in [5.41, 5.74) is 2.84. The maximum absolute atomic E-state index is 5.53. The molecular formula is C17H27NO. The largest absolute Gasteiger partial charge is 0.496 e. The lowest BCUT2D eigenvalue weighted by Gasteiger charge is -2.18. The Kier molecular flexibility index (Phi) is 5.26. The smallest absolute Gasteiger partial charge is 0.122 e. The molecule has 0 radical (unpaired) electrons. The van der Waals surface area contributed by atoms with Crippen molar-refractivity contribution in [1.82, 2.24) is 5.32 Å². The molecule has 1 aliphatic heterocycles. The number of nitrogens with one attached hydrogen (secondary N) is 1. The van der Waals surface area contributed by atoms with Gasteiger partial charge in [-0.1, -0.05) is 26.0 Å². The Bertz CT molecular complexity index is 392. The van der Waals surface area contributed by atoms with Crippen LogP contribution in [0.2, 0.25) is 0 Å². The minimum atomic E-state index is 0.630. The van der Waals surface area contributed by atoms with E-state index in [4.69, 9.17) is 4.74 Å². The average Bonchev–Trinajstić information content (AvgIpc) is 2.93. The van der Waals surface area contributed by atoms with E-state index in [0.29, 0.717) is 12.0 Å². The van der Waals surface area contributed by atoms with Crippen LogP contribution in [-0.4, -0.2) is 19.7 Å². The van der Waals surface area contributed by atoms with E-state index < -0.39 is 0 Å². The molecule has 0 bridgehead atoms. The van der Waals surface area contributed by atoms with Gasteiger partial charge < -0.3 is 10.1 Å². The molecule has 1 unspecified atom stereocenters. The predicted molar refractivity (Wildman–Crippen MR) is 81.0 cm³/mol. The van der Waals surface area contributed by atoms with Crippen molar-refractivity contribution >= 4 is 0 Å². The van der Waals surface area contributed by atoms with Crippen molar-refractivity contribution in [3.8, 4) is 5.75 Å². The van der Waals surface area contributed by atoms with Crippen LogP contribution in [0.1, 0.15) is 56.6 Å². The van der Waals surface area contributed by atoms with Gasteiger partial charge in [0.15, 0.2) is 0 Å². The first-order valence-electron chi connectivity index (χ1n) is 7.68. The second-order valence-corrected chi connectivity index (χ2v) is 5.58. The van der Waals surface area contributed by atoms with Crippen LogP contribution >= 0.6 is 0 Å². The van der Waals surface area contributed by atoms with Gasteiger partial charge in [0, 0.05) is 6.04 Å². The van der Waals surface area contributed by atoms with Gasteiger partial charge >= 0.3 is 0 Å². The molecule has 1 N–H and O–H groups in total. The van der Waals surface area contributed by atoms with Gasteiger partial charge in [-0.15, -0.1) is 0 Å². The molecule has 106 valence electrons. The quantitative estimate of drug-likeness (QED) is 0.838. The Morgan fingerprint density at radius 1 is 1.32 bits per heavy atom. The third-order valence-corrected chi connectivity index (χ3v) is 4.39. The highest BCUT2D eigenvalue weighted by atomic mass is 16.5. The molecule has 19 heavy (non-hydrogen) atoms. The van der Waals surface area contributed by atoms with Crippen molar-refractivity contribution in [2.75, 3.05) is 13.7 Å². The normalized spacial score (nSPS) is 19.1. The summed E-state index contributed by atoms with van der Waals surface area (Å²) in [6, 6.07) is 7.39. The average molecular weight is 261 g/mol. The Labute approximate surface area is 117 Å². The van der Waals surface area contributed by atoms with Gasteiger partial charge in [0.2, 0.25) is 0 Å². The first-order chi connectivity index (χ1) is 9.28. The van der Waals surface area contributed by atoms with Gasteiger partial charge in [-0.05, 0) is 61.8 Å². The lowest BCUT2D eigenvalue weighted by molar-refractivity contribution is 0.406. The Balaban J connectivity index is 2.19. The third-order valence-electron chi connectivity index (χ3n) is 4.39. The number of benzene rings is 1. The first kappa shape index (κ1) is 14.4. The van der Waals surface area contributed by atoms with E-state index in [9.17, 15) is 0 Å². The highest BCUT2D eigenvalue weighted by molar-refractivity contribution is 5.39. The molecule has 0 spiro atoms. The molecule has 2 heteroatoms. The maximum Gasteiger partial charge on any atom is 0.122 e. The summed E-state index contributed by atoms with van der Waals surface area (Å²) in [5.74, 6) is 1.73. The number of hydrogen-bond acceptors (Lipinski definition) is 2. The fourth-order valence-electron chi connectivity index (χ4n) is 3.17. The summed E-state index contributed by atoms with van der Waals surface area (Å²) in [6.45, 7) is 5.71. The van der Waals surface area contributed by atoms with Crippen LogP contribution in [0.5, 0.6) is 5.75 Å². The van der Waals surface area contributed by atoms with Crippen LogP contribution in [0.3, 0.4) is 0 Å². The summed E-state index contributed by atoms with van der Waals surface area (Å²) in [6.07, 6.45) is 6.11. The second-order valence-electron chi connectivity index (χ2n) is 5.58. The van der Waals surface area contributed by atoms with Crippen LogP contribution < -0.4 is 10.1 Å². The van der Waals surface area contributed by atoms with Crippen molar-refractivity contribution < 1.29 is 4.74 Å². The molecule has 0 aromatic heterocycles. The van der Waals surface area contributed by atoms with Crippen molar-refractivity contribution in [3.05, 3.63) is 29.3 Å². The van der Waals surface area contributed by atoms with E-state index in [0.717, 1.165) is 12.2 Å². The molecule has 2 rings (SSSR count). The number of rotatable bonds is 6. The van der Waals surface area contributed by atoms with Crippen molar-refractivity contribution in [2.45, 2.75) is 57.9 Å². The minimum Gasteiger partial charge on any atom is -0.496 e. The zero-order valence-electron chi connectivity index (χ0n) is 12.5. The molecule has 2 nitrogen and oxygen atoms in total. The highest BCUT2D eigenvalue weighted by Crippen LogP contribution is 2.29. The number of methoxy groups -OCH3 is 1. The Morgan fingerprint density at radius 3 is 2.68 bits per heavy atom. The molecule has 1 aromatic carbocycles. The Morgan fingerprint density at radius 2 is 2.11 bits per heavy atom. The van der Waals surface area contributed by atoms with E-state index >= 15 is 0 Å². The summed E-state index contributed by atoms with van der Waals surface area (Å²) < 4.78 is 5.53. The van der Waals surface area contributed by atoms with Gasteiger partial charge in [-0.2, -0.15) is 0 Å². The van der Waals surface area contributed by atoms with Gasteiger partial charge in [-0.3, -0.25) is 0 Å². The molecule has 1 aliphatic rings. The lowest BCUT2D eigenvalue weighted by atomic mass is 9.91. The topological polar surface area (TPSA) is 21.3 Å². The van der Waals surface area contributed by atoms with E-state index in [2.05, 4.69) is 37.4 Å². The van der Waals surface area contributed by atoms with E-state index in [1.807, 2.05) is 0 Å². The van der Waals surface area contributed by atoms with Crippen molar-refractivity contribution in [3.63, 3.8) is 0 Å². The zero-order chi connectivity index (χ0) is 13.7. The minimum absolute atomic E-state index is 0.630. The van der Waals surface area contributed by atoms with Gasteiger partial charge in [0.05, 0.1) is 7.11 Å². The van der Waals surface area contributed by atoms with Gasteiger partial charge in [0.25, 0.3) is 0 Å². The molecule has 1 saturated heterocycles. The molecule has 0 saturated carbocycles. The summed E-state index contributed by atoms with van der Waals surface area (Å²) in [7, 11) is 1.78. The fourth-order valence-corrected chi connectivity index (χ4v) is 3.17. The predicted octanol–water partition coefficient (Wildman–Crippen LogP) is 3.89. The van der Waals surface area contributed by atoms with E-state index in [-0.39, 0.29) is 0 Å². The van der Waals surface area contributed by atoms with Crippen LogP contribution in [0.4, 0.5) is 0 Å². The first-order valence-corrected chi connectivity index (χ1v) is 7.68. The van der Waals surface area contributed by atoms with Crippen LogP contribution in [0.15, 0.2) is 18.2 Å². The van der Waals surface area contributed by atoms with E-state index in [1.165, 1.54) is 43.4 Å². The summed E-state index contributed by atoms with van der Waals surface area (Å²) in [4.78, 5) is 0. The molecular weight excluding hydrogens is 234 g/mol. The molecule has 0 amide bonds. The monoisotopic (exact) mass is 261 g/mol. The Hall–Kier alpha value is -1.02. The van der Waals surface area contributed by atoms with Gasteiger partial charge in [-0.25, -0.2) is 0 Å². The number of ether oxygens (including phenoxy) is 1. The van der Waals surface area contributed by atoms with Crippen molar-refractivity contribution in [2.24, 2.45) is 0 Å². The maximum atomic E-state index is 5.53. The number of hydrogen-bond donors (Lipinski definition) is 1. The third kappa shape index (κ3) is 3.50.